The van der Waals surface area contributed by atoms with Gasteiger partial charge in [0.05, 0.1) is 18.2 Å². The van der Waals surface area contributed by atoms with E-state index >= 15 is 0 Å². The van der Waals surface area contributed by atoms with E-state index in [2.05, 4.69) is 5.32 Å². The number of hydrogen-bond acceptors (Lipinski definition) is 2. The van der Waals surface area contributed by atoms with Crippen molar-refractivity contribution in [3.05, 3.63) is 35.4 Å². The average molecular weight is 337 g/mol. The lowest BCUT2D eigenvalue weighted by Gasteiger charge is -2.30. The molecule has 0 aliphatic heterocycles. The van der Waals surface area contributed by atoms with Crippen molar-refractivity contribution < 1.29 is 18.0 Å². The average Bonchev–Trinajstić information content (AvgIpc) is 3.23. The molecule has 1 N–H and O–H groups in total. The number of amides is 1. The topological polar surface area (TPSA) is 32.3 Å². The van der Waals surface area contributed by atoms with Gasteiger partial charge in [0.15, 0.2) is 0 Å². The molecule has 1 atom stereocenters. The van der Waals surface area contributed by atoms with Crippen LogP contribution in [0.5, 0.6) is 0 Å². The fourth-order valence-electron chi connectivity index (χ4n) is 2.47. The van der Waals surface area contributed by atoms with Gasteiger partial charge in [0.2, 0.25) is 5.91 Å². The maximum Gasteiger partial charge on any atom is 0.416 e. The second-order valence-corrected chi connectivity index (χ2v) is 5.36. The lowest BCUT2D eigenvalue weighted by molar-refractivity contribution is -0.137. The first-order chi connectivity index (χ1) is 9.84. The van der Waals surface area contributed by atoms with Crippen LogP contribution in [0.1, 0.15) is 36.9 Å². The lowest BCUT2D eigenvalue weighted by atomic mass is 10.0. The van der Waals surface area contributed by atoms with Crippen LogP contribution in [0.4, 0.5) is 13.2 Å². The highest BCUT2D eigenvalue weighted by Crippen LogP contribution is 2.36. The number of nitrogens with one attached hydrogen (secondary N) is 1. The number of benzene rings is 1. The minimum absolute atomic E-state index is 0. The van der Waals surface area contributed by atoms with Gasteiger partial charge in [-0.2, -0.15) is 13.2 Å². The van der Waals surface area contributed by atoms with Crippen molar-refractivity contribution in [3.63, 3.8) is 0 Å². The third-order valence-corrected chi connectivity index (χ3v) is 3.67. The molecule has 1 aliphatic carbocycles. The fourth-order valence-corrected chi connectivity index (χ4v) is 2.47. The van der Waals surface area contributed by atoms with Crippen LogP contribution in [0.2, 0.25) is 0 Å². The number of rotatable bonds is 5. The van der Waals surface area contributed by atoms with E-state index in [1.807, 2.05) is 0 Å². The predicted molar refractivity (Wildman–Crippen MR) is 80.9 cm³/mol. The van der Waals surface area contributed by atoms with E-state index in [1.54, 1.807) is 24.9 Å². The summed E-state index contributed by atoms with van der Waals surface area (Å²) in [5.74, 6) is -0.0788. The second kappa shape index (κ2) is 7.33. The van der Waals surface area contributed by atoms with Gasteiger partial charge in [-0.3, -0.25) is 4.79 Å². The van der Waals surface area contributed by atoms with Crippen LogP contribution in [0.25, 0.3) is 0 Å². The number of nitrogens with zero attached hydrogens (tertiary/aromatic N) is 1. The van der Waals surface area contributed by atoms with Crippen LogP contribution in [-0.4, -0.2) is 30.4 Å². The largest absolute Gasteiger partial charge is 0.416 e. The van der Waals surface area contributed by atoms with E-state index in [9.17, 15) is 18.0 Å². The summed E-state index contributed by atoms with van der Waals surface area (Å²) in [6.07, 6.45) is -2.54. The molecular formula is C15H20ClF3N2O. The zero-order valence-corrected chi connectivity index (χ0v) is 13.3. The lowest BCUT2D eigenvalue weighted by Crippen LogP contribution is -2.40. The smallest absolute Gasteiger partial charge is 0.332 e. The Labute approximate surface area is 134 Å². The Morgan fingerprint density at radius 3 is 2.55 bits per heavy atom. The van der Waals surface area contributed by atoms with E-state index in [-0.39, 0.29) is 36.9 Å². The maximum atomic E-state index is 12.8. The minimum Gasteiger partial charge on any atom is -0.332 e. The molecule has 0 heterocycles. The molecule has 0 aromatic heterocycles. The first-order valence-corrected chi connectivity index (χ1v) is 6.97. The highest BCUT2D eigenvalue weighted by molar-refractivity contribution is 5.85. The first kappa shape index (κ1) is 18.8. The second-order valence-electron chi connectivity index (χ2n) is 5.36. The van der Waals surface area contributed by atoms with Crippen molar-refractivity contribution in [1.29, 1.82) is 0 Å². The molecule has 0 saturated heterocycles. The number of halogens is 4. The molecule has 1 aromatic rings. The van der Waals surface area contributed by atoms with Crippen LogP contribution in [0, 0.1) is 0 Å². The molecule has 0 spiro atoms. The minimum atomic E-state index is -4.37. The van der Waals surface area contributed by atoms with Gasteiger partial charge in [-0.25, -0.2) is 0 Å². The Hall–Kier alpha value is -1.27. The Bertz CT molecular complexity index is 518. The van der Waals surface area contributed by atoms with Gasteiger partial charge in [-0.1, -0.05) is 12.1 Å². The van der Waals surface area contributed by atoms with Crippen molar-refractivity contribution in [2.45, 2.75) is 38.0 Å². The van der Waals surface area contributed by atoms with E-state index in [1.165, 1.54) is 6.07 Å². The Balaban J connectivity index is 0.00000242. The van der Waals surface area contributed by atoms with Crippen molar-refractivity contribution in [1.82, 2.24) is 10.2 Å². The van der Waals surface area contributed by atoms with E-state index < -0.39 is 11.7 Å². The quantitative estimate of drug-likeness (QED) is 0.893. The molecule has 2 rings (SSSR count). The number of hydrogen-bond donors (Lipinski definition) is 1. The maximum absolute atomic E-state index is 12.8. The van der Waals surface area contributed by atoms with Gasteiger partial charge in [0.1, 0.15) is 0 Å². The highest BCUT2D eigenvalue weighted by Gasteiger charge is 2.37. The Morgan fingerprint density at radius 2 is 2.05 bits per heavy atom. The Kier molecular flexibility index (Phi) is 6.26. The van der Waals surface area contributed by atoms with Crippen molar-refractivity contribution in [3.8, 4) is 0 Å². The van der Waals surface area contributed by atoms with Crippen LogP contribution >= 0.6 is 12.4 Å². The molecule has 1 unspecified atom stereocenters. The summed E-state index contributed by atoms with van der Waals surface area (Å²) in [6, 6.07) is 5.00. The molecule has 1 fully saturated rings. The molecule has 7 heteroatoms. The summed E-state index contributed by atoms with van der Waals surface area (Å²) < 4.78 is 38.4. The molecule has 0 bridgehead atoms. The van der Waals surface area contributed by atoms with Crippen molar-refractivity contribution >= 4 is 18.3 Å². The zero-order chi connectivity index (χ0) is 15.6. The predicted octanol–water partition coefficient (Wildman–Crippen LogP) is 3.40. The van der Waals surface area contributed by atoms with Gasteiger partial charge in [-0.15, -0.1) is 12.4 Å². The first-order valence-electron chi connectivity index (χ1n) is 6.97. The van der Waals surface area contributed by atoms with E-state index in [4.69, 9.17) is 0 Å². The zero-order valence-electron chi connectivity index (χ0n) is 12.5. The molecular weight excluding hydrogens is 317 g/mol. The van der Waals surface area contributed by atoms with Crippen LogP contribution < -0.4 is 5.32 Å². The van der Waals surface area contributed by atoms with Crippen molar-refractivity contribution in [2.24, 2.45) is 0 Å². The van der Waals surface area contributed by atoms with Gasteiger partial charge in [0.25, 0.3) is 0 Å². The normalized spacial score (nSPS) is 15.9. The summed E-state index contributed by atoms with van der Waals surface area (Å²) in [5, 5.41) is 2.80. The van der Waals surface area contributed by atoms with Gasteiger partial charge in [0, 0.05) is 6.04 Å². The SMILES string of the molecule is CNCC(=O)N(C1CC1)C(C)c1cccc(C(F)(F)F)c1.Cl. The van der Waals surface area contributed by atoms with E-state index in [0.29, 0.717) is 5.56 Å². The van der Waals surface area contributed by atoms with Crippen LogP contribution in [-0.2, 0) is 11.0 Å². The molecule has 22 heavy (non-hydrogen) atoms. The number of likely N-dealkylation sites (N-methyl/N-ethyl adjacent to an activating group) is 1. The standard InChI is InChI=1S/C15H19F3N2O.ClH/c1-10(20(13-6-7-13)14(21)9-19-2)11-4-3-5-12(8-11)15(16,17)18;/h3-5,8,10,13,19H,6-7,9H2,1-2H3;1H. The fraction of sp³-hybridized carbons (Fsp3) is 0.533. The van der Waals surface area contributed by atoms with E-state index in [0.717, 1.165) is 25.0 Å². The number of alkyl halides is 3. The van der Waals surface area contributed by atoms with Gasteiger partial charge in [-0.05, 0) is 44.5 Å². The molecule has 0 radical (unpaired) electrons. The van der Waals surface area contributed by atoms with Crippen LogP contribution in [0.15, 0.2) is 24.3 Å². The summed E-state index contributed by atoms with van der Waals surface area (Å²) >= 11 is 0. The third-order valence-electron chi connectivity index (χ3n) is 3.67. The monoisotopic (exact) mass is 336 g/mol. The summed E-state index contributed by atoms with van der Waals surface area (Å²) in [6.45, 7) is 1.97. The van der Waals surface area contributed by atoms with Gasteiger partial charge >= 0.3 is 6.18 Å². The highest BCUT2D eigenvalue weighted by atomic mass is 35.5. The number of carbonyl (C=O) groups excluding carboxylic acids is 1. The molecule has 1 aromatic carbocycles. The summed E-state index contributed by atoms with van der Waals surface area (Å²) in [4.78, 5) is 13.9. The molecule has 124 valence electrons. The third kappa shape index (κ3) is 4.36. The molecule has 3 nitrogen and oxygen atoms in total. The summed E-state index contributed by atoms with van der Waals surface area (Å²) in [7, 11) is 1.68. The number of carbonyl (C=O) groups is 1. The summed E-state index contributed by atoms with van der Waals surface area (Å²) in [5.41, 5.74) is -0.162. The molecule has 1 aliphatic rings. The Morgan fingerprint density at radius 1 is 1.41 bits per heavy atom. The van der Waals surface area contributed by atoms with Crippen LogP contribution in [0.3, 0.4) is 0 Å². The molecule has 1 saturated carbocycles. The van der Waals surface area contributed by atoms with Gasteiger partial charge < -0.3 is 10.2 Å². The van der Waals surface area contributed by atoms with Crippen molar-refractivity contribution in [2.75, 3.05) is 13.6 Å². The molecule has 1 amide bonds.